The SMILES string of the molecule is Cc1ccccc1N(C(=O)C1CCC1)C(C)C. The molecule has 0 bridgehead atoms. The molecule has 1 saturated carbocycles. The predicted molar refractivity (Wildman–Crippen MR) is 71.1 cm³/mol. The number of carbonyl (C=O) groups is 1. The van der Waals surface area contributed by atoms with Crippen molar-refractivity contribution in [2.75, 3.05) is 4.90 Å². The normalized spacial score (nSPS) is 15.8. The first-order chi connectivity index (χ1) is 8.11. The van der Waals surface area contributed by atoms with Crippen molar-refractivity contribution in [3.63, 3.8) is 0 Å². The monoisotopic (exact) mass is 231 g/mol. The highest BCUT2D eigenvalue weighted by molar-refractivity contribution is 5.96. The molecule has 92 valence electrons. The highest BCUT2D eigenvalue weighted by atomic mass is 16.2. The Balaban J connectivity index is 2.28. The van der Waals surface area contributed by atoms with Gasteiger partial charge in [0.05, 0.1) is 0 Å². The molecule has 0 atom stereocenters. The third-order valence-corrected chi connectivity index (χ3v) is 3.58. The molecule has 0 aliphatic heterocycles. The van der Waals surface area contributed by atoms with E-state index in [2.05, 4.69) is 26.8 Å². The molecular weight excluding hydrogens is 210 g/mol. The van der Waals surface area contributed by atoms with Gasteiger partial charge < -0.3 is 4.90 Å². The van der Waals surface area contributed by atoms with Gasteiger partial charge in [-0.25, -0.2) is 0 Å². The molecule has 0 heterocycles. The van der Waals surface area contributed by atoms with Crippen LogP contribution >= 0.6 is 0 Å². The molecule has 0 radical (unpaired) electrons. The largest absolute Gasteiger partial charge is 0.309 e. The van der Waals surface area contributed by atoms with Crippen molar-refractivity contribution >= 4 is 11.6 Å². The molecule has 1 fully saturated rings. The quantitative estimate of drug-likeness (QED) is 0.779. The molecule has 2 rings (SSSR count). The van der Waals surface area contributed by atoms with Gasteiger partial charge in [0.2, 0.25) is 5.91 Å². The molecule has 1 aliphatic rings. The fourth-order valence-electron chi connectivity index (χ4n) is 2.34. The number of hydrogen-bond donors (Lipinski definition) is 0. The lowest BCUT2D eigenvalue weighted by Gasteiger charge is -2.35. The van der Waals surface area contributed by atoms with Crippen molar-refractivity contribution < 1.29 is 4.79 Å². The standard InChI is InChI=1S/C15H21NO/c1-11(2)16(15(17)13-8-6-9-13)14-10-5-4-7-12(14)3/h4-5,7,10-11,13H,6,8-9H2,1-3H3. The second-order valence-electron chi connectivity index (χ2n) is 5.22. The van der Waals surface area contributed by atoms with Crippen LogP contribution in [0.3, 0.4) is 0 Å². The number of hydrogen-bond acceptors (Lipinski definition) is 1. The summed E-state index contributed by atoms with van der Waals surface area (Å²) in [5, 5.41) is 0. The fourth-order valence-corrected chi connectivity index (χ4v) is 2.34. The van der Waals surface area contributed by atoms with Crippen LogP contribution in [0.5, 0.6) is 0 Å². The summed E-state index contributed by atoms with van der Waals surface area (Å²) in [4.78, 5) is 14.4. The minimum Gasteiger partial charge on any atom is -0.309 e. The third-order valence-electron chi connectivity index (χ3n) is 3.58. The Labute approximate surface area is 104 Å². The van der Waals surface area contributed by atoms with Gasteiger partial charge in [-0.2, -0.15) is 0 Å². The van der Waals surface area contributed by atoms with Gasteiger partial charge in [-0.3, -0.25) is 4.79 Å². The van der Waals surface area contributed by atoms with E-state index in [4.69, 9.17) is 0 Å². The van der Waals surface area contributed by atoms with Gasteiger partial charge in [0.25, 0.3) is 0 Å². The van der Waals surface area contributed by atoms with Gasteiger partial charge in [-0.15, -0.1) is 0 Å². The van der Waals surface area contributed by atoms with E-state index in [1.807, 2.05) is 23.1 Å². The van der Waals surface area contributed by atoms with Crippen LogP contribution in [0.15, 0.2) is 24.3 Å². The molecule has 17 heavy (non-hydrogen) atoms. The van der Waals surface area contributed by atoms with E-state index in [1.54, 1.807) is 0 Å². The number of benzene rings is 1. The number of nitrogens with zero attached hydrogens (tertiary/aromatic N) is 1. The Morgan fingerprint density at radius 3 is 2.41 bits per heavy atom. The fraction of sp³-hybridized carbons (Fsp3) is 0.533. The second-order valence-corrected chi connectivity index (χ2v) is 5.22. The van der Waals surface area contributed by atoms with Crippen molar-refractivity contribution in [2.45, 2.75) is 46.1 Å². The Kier molecular flexibility index (Phi) is 3.51. The summed E-state index contributed by atoms with van der Waals surface area (Å²) in [6, 6.07) is 8.37. The Bertz CT molecular complexity index is 407. The van der Waals surface area contributed by atoms with E-state index >= 15 is 0 Å². The van der Waals surface area contributed by atoms with E-state index in [9.17, 15) is 4.79 Å². The Morgan fingerprint density at radius 1 is 1.29 bits per heavy atom. The van der Waals surface area contributed by atoms with Crippen LogP contribution in [0.25, 0.3) is 0 Å². The maximum Gasteiger partial charge on any atom is 0.230 e. The van der Waals surface area contributed by atoms with Crippen LogP contribution in [-0.4, -0.2) is 11.9 Å². The maximum absolute atomic E-state index is 12.4. The first kappa shape index (κ1) is 12.2. The van der Waals surface area contributed by atoms with Crippen LogP contribution in [0, 0.1) is 12.8 Å². The number of para-hydroxylation sites is 1. The lowest BCUT2D eigenvalue weighted by atomic mass is 9.84. The number of rotatable bonds is 3. The molecule has 2 nitrogen and oxygen atoms in total. The molecule has 2 heteroatoms. The zero-order valence-corrected chi connectivity index (χ0v) is 10.9. The lowest BCUT2D eigenvalue weighted by molar-refractivity contribution is -0.125. The van der Waals surface area contributed by atoms with Crippen molar-refractivity contribution in [3.05, 3.63) is 29.8 Å². The molecule has 0 N–H and O–H groups in total. The highest BCUT2D eigenvalue weighted by Gasteiger charge is 2.31. The first-order valence-corrected chi connectivity index (χ1v) is 6.50. The predicted octanol–water partition coefficient (Wildman–Crippen LogP) is 3.54. The van der Waals surface area contributed by atoms with Crippen molar-refractivity contribution in [1.29, 1.82) is 0 Å². The molecule has 0 saturated heterocycles. The number of carbonyl (C=O) groups excluding carboxylic acids is 1. The molecular formula is C15H21NO. The number of amides is 1. The van der Waals surface area contributed by atoms with E-state index in [0.29, 0.717) is 5.91 Å². The molecule has 0 spiro atoms. The van der Waals surface area contributed by atoms with E-state index < -0.39 is 0 Å². The zero-order valence-electron chi connectivity index (χ0n) is 10.9. The summed E-state index contributed by atoms with van der Waals surface area (Å²) in [5.74, 6) is 0.567. The summed E-state index contributed by atoms with van der Waals surface area (Å²) < 4.78 is 0. The average Bonchev–Trinajstić information content (AvgIpc) is 2.18. The van der Waals surface area contributed by atoms with Crippen LogP contribution in [0.2, 0.25) is 0 Å². The first-order valence-electron chi connectivity index (χ1n) is 6.50. The summed E-state index contributed by atoms with van der Waals surface area (Å²) in [5.41, 5.74) is 2.24. The van der Waals surface area contributed by atoms with Crippen LogP contribution in [0.1, 0.15) is 38.7 Å². The van der Waals surface area contributed by atoms with Gasteiger partial charge in [0.1, 0.15) is 0 Å². The van der Waals surface area contributed by atoms with Gasteiger partial charge in [-0.1, -0.05) is 24.6 Å². The topological polar surface area (TPSA) is 20.3 Å². The molecule has 1 amide bonds. The molecule has 0 unspecified atom stereocenters. The second kappa shape index (κ2) is 4.91. The molecule has 1 aromatic carbocycles. The van der Waals surface area contributed by atoms with Gasteiger partial charge in [-0.05, 0) is 45.2 Å². The Morgan fingerprint density at radius 2 is 1.94 bits per heavy atom. The van der Waals surface area contributed by atoms with Crippen molar-refractivity contribution in [1.82, 2.24) is 0 Å². The third kappa shape index (κ3) is 2.36. The summed E-state index contributed by atoms with van der Waals surface area (Å²) in [6.45, 7) is 6.24. The Hall–Kier alpha value is -1.31. The van der Waals surface area contributed by atoms with E-state index in [1.165, 1.54) is 12.0 Å². The minimum absolute atomic E-state index is 0.226. The minimum atomic E-state index is 0.226. The average molecular weight is 231 g/mol. The molecule has 0 aromatic heterocycles. The van der Waals surface area contributed by atoms with Crippen LogP contribution in [0.4, 0.5) is 5.69 Å². The zero-order chi connectivity index (χ0) is 12.4. The number of anilines is 1. The molecule has 1 aromatic rings. The van der Waals surface area contributed by atoms with Crippen LogP contribution in [-0.2, 0) is 4.79 Å². The lowest BCUT2D eigenvalue weighted by Crippen LogP contribution is -2.43. The number of aryl methyl sites for hydroxylation is 1. The van der Waals surface area contributed by atoms with Crippen molar-refractivity contribution in [3.8, 4) is 0 Å². The maximum atomic E-state index is 12.4. The molecule has 1 aliphatic carbocycles. The van der Waals surface area contributed by atoms with E-state index in [-0.39, 0.29) is 12.0 Å². The van der Waals surface area contributed by atoms with E-state index in [0.717, 1.165) is 18.5 Å². The van der Waals surface area contributed by atoms with Gasteiger partial charge in [0, 0.05) is 17.6 Å². The highest BCUT2D eigenvalue weighted by Crippen LogP contribution is 2.32. The van der Waals surface area contributed by atoms with Gasteiger partial charge in [0.15, 0.2) is 0 Å². The smallest absolute Gasteiger partial charge is 0.230 e. The van der Waals surface area contributed by atoms with Gasteiger partial charge >= 0.3 is 0 Å². The van der Waals surface area contributed by atoms with Crippen LogP contribution < -0.4 is 4.90 Å². The summed E-state index contributed by atoms with van der Waals surface area (Å²) in [7, 11) is 0. The van der Waals surface area contributed by atoms with Crippen molar-refractivity contribution in [2.24, 2.45) is 5.92 Å². The summed E-state index contributed by atoms with van der Waals surface area (Å²) in [6.07, 6.45) is 3.33. The summed E-state index contributed by atoms with van der Waals surface area (Å²) >= 11 is 0.